The smallest absolute Gasteiger partial charge is 0.122 e. The van der Waals surface area contributed by atoms with E-state index in [2.05, 4.69) is 60.1 Å². The van der Waals surface area contributed by atoms with Crippen LogP contribution in [0.1, 0.15) is 63.9 Å². The van der Waals surface area contributed by atoms with E-state index in [9.17, 15) is 0 Å². The van der Waals surface area contributed by atoms with Gasteiger partial charge in [-0.2, -0.15) is 0 Å². The van der Waals surface area contributed by atoms with Crippen molar-refractivity contribution in [1.82, 2.24) is 0 Å². The maximum atomic E-state index is 5.99. The molecule has 2 rings (SSSR count). The molecule has 0 heterocycles. The number of rotatable bonds is 13. The Morgan fingerprint density at radius 2 is 1.54 bits per heavy atom. The number of alkyl halides is 1. The standard InChI is InChI=1S/C23H33BrO2/c1-3-4-5-6-9-16-25-21-12-13-22-19(2)23(14-11-20(22)18-21)26-17-10-7-8-15-24/h11-14,18H,3-10,15-17H2,1-2H3. The van der Waals surface area contributed by atoms with Gasteiger partial charge in [-0.05, 0) is 67.1 Å². The van der Waals surface area contributed by atoms with Crippen molar-refractivity contribution in [1.29, 1.82) is 0 Å². The van der Waals surface area contributed by atoms with Crippen molar-refractivity contribution in [2.75, 3.05) is 18.5 Å². The van der Waals surface area contributed by atoms with Crippen LogP contribution in [-0.2, 0) is 0 Å². The second-order valence-electron chi connectivity index (χ2n) is 6.93. The molecule has 0 aromatic heterocycles. The molecule has 0 radical (unpaired) electrons. The van der Waals surface area contributed by atoms with E-state index in [0.717, 1.165) is 42.9 Å². The highest BCUT2D eigenvalue weighted by atomic mass is 79.9. The zero-order valence-corrected chi connectivity index (χ0v) is 17.9. The van der Waals surface area contributed by atoms with Crippen LogP contribution >= 0.6 is 15.9 Å². The third-order valence-electron chi connectivity index (χ3n) is 4.76. The van der Waals surface area contributed by atoms with Crippen LogP contribution in [0, 0.1) is 6.92 Å². The number of unbranched alkanes of at least 4 members (excludes halogenated alkanes) is 6. The summed E-state index contributed by atoms with van der Waals surface area (Å²) < 4.78 is 11.9. The first-order valence-corrected chi connectivity index (χ1v) is 11.2. The van der Waals surface area contributed by atoms with Crippen molar-refractivity contribution >= 4 is 26.7 Å². The highest BCUT2D eigenvalue weighted by Crippen LogP contribution is 2.30. The summed E-state index contributed by atoms with van der Waals surface area (Å²) in [5.74, 6) is 1.97. The highest BCUT2D eigenvalue weighted by molar-refractivity contribution is 9.09. The maximum Gasteiger partial charge on any atom is 0.122 e. The molecule has 0 spiro atoms. The number of benzene rings is 2. The summed E-state index contributed by atoms with van der Waals surface area (Å²) in [6, 6.07) is 10.6. The lowest BCUT2D eigenvalue weighted by molar-refractivity contribution is 0.304. The predicted octanol–water partition coefficient (Wildman–Crippen LogP) is 7.44. The average molecular weight is 421 g/mol. The van der Waals surface area contributed by atoms with Crippen LogP contribution < -0.4 is 9.47 Å². The Hall–Kier alpha value is -1.22. The molecular weight excluding hydrogens is 388 g/mol. The number of hydrogen-bond donors (Lipinski definition) is 0. The van der Waals surface area contributed by atoms with Crippen molar-refractivity contribution in [3.05, 3.63) is 35.9 Å². The zero-order chi connectivity index (χ0) is 18.6. The molecular formula is C23H33BrO2. The fourth-order valence-electron chi connectivity index (χ4n) is 3.14. The summed E-state index contributed by atoms with van der Waals surface area (Å²) in [4.78, 5) is 0. The van der Waals surface area contributed by atoms with Crippen LogP contribution in [0.3, 0.4) is 0 Å². The van der Waals surface area contributed by atoms with E-state index in [0.29, 0.717) is 0 Å². The van der Waals surface area contributed by atoms with Crippen LogP contribution in [0.25, 0.3) is 10.8 Å². The van der Waals surface area contributed by atoms with Gasteiger partial charge in [0.15, 0.2) is 0 Å². The lowest BCUT2D eigenvalue weighted by atomic mass is 10.0. The van der Waals surface area contributed by atoms with E-state index in [1.807, 2.05) is 0 Å². The van der Waals surface area contributed by atoms with Crippen LogP contribution in [0.2, 0.25) is 0 Å². The van der Waals surface area contributed by atoms with Gasteiger partial charge in [0.25, 0.3) is 0 Å². The minimum atomic E-state index is 0.790. The second-order valence-corrected chi connectivity index (χ2v) is 7.73. The summed E-state index contributed by atoms with van der Waals surface area (Å²) in [6.45, 7) is 5.99. The molecule has 0 amide bonds. The first kappa shape index (κ1) is 21.1. The van der Waals surface area contributed by atoms with Crippen LogP contribution in [0.4, 0.5) is 0 Å². The minimum Gasteiger partial charge on any atom is -0.494 e. The Bertz CT molecular complexity index is 654. The molecule has 0 fully saturated rings. The minimum absolute atomic E-state index is 0.790. The molecule has 0 atom stereocenters. The molecule has 26 heavy (non-hydrogen) atoms. The van der Waals surface area contributed by atoms with Gasteiger partial charge in [-0.3, -0.25) is 0 Å². The third-order valence-corrected chi connectivity index (χ3v) is 5.32. The number of aryl methyl sites for hydroxylation is 1. The van der Waals surface area contributed by atoms with E-state index < -0.39 is 0 Å². The molecule has 2 nitrogen and oxygen atoms in total. The maximum absolute atomic E-state index is 5.99. The number of hydrogen-bond acceptors (Lipinski definition) is 2. The van der Waals surface area contributed by atoms with E-state index >= 15 is 0 Å². The van der Waals surface area contributed by atoms with Gasteiger partial charge >= 0.3 is 0 Å². The molecule has 0 N–H and O–H groups in total. The topological polar surface area (TPSA) is 18.5 Å². The lowest BCUT2D eigenvalue weighted by Crippen LogP contribution is -2.00. The molecule has 2 aromatic carbocycles. The lowest BCUT2D eigenvalue weighted by Gasteiger charge is -2.13. The Morgan fingerprint density at radius 3 is 2.31 bits per heavy atom. The first-order valence-electron chi connectivity index (χ1n) is 10.1. The van der Waals surface area contributed by atoms with Crippen LogP contribution in [0.15, 0.2) is 30.3 Å². The fraction of sp³-hybridized carbons (Fsp3) is 0.565. The van der Waals surface area contributed by atoms with Gasteiger partial charge in [-0.15, -0.1) is 0 Å². The SMILES string of the molecule is CCCCCCCOc1ccc2c(C)c(OCCCCCBr)ccc2c1. The van der Waals surface area contributed by atoms with E-state index in [-0.39, 0.29) is 0 Å². The Kier molecular flexibility index (Phi) is 9.91. The second kappa shape index (κ2) is 12.2. The number of halogens is 1. The number of fused-ring (bicyclic) bond motifs is 1. The largest absolute Gasteiger partial charge is 0.494 e. The molecule has 2 aromatic rings. The quantitative estimate of drug-likeness (QED) is 0.247. The predicted molar refractivity (Wildman–Crippen MR) is 116 cm³/mol. The summed E-state index contributed by atoms with van der Waals surface area (Å²) in [7, 11) is 0. The fourth-order valence-corrected chi connectivity index (χ4v) is 3.54. The normalized spacial score (nSPS) is 11.0. The molecule has 0 aliphatic rings. The van der Waals surface area contributed by atoms with E-state index in [4.69, 9.17) is 9.47 Å². The van der Waals surface area contributed by atoms with Gasteiger partial charge in [0.05, 0.1) is 13.2 Å². The summed E-state index contributed by atoms with van der Waals surface area (Å²) in [6.07, 6.45) is 9.85. The van der Waals surface area contributed by atoms with Crippen LogP contribution in [0.5, 0.6) is 11.5 Å². The van der Waals surface area contributed by atoms with Crippen LogP contribution in [-0.4, -0.2) is 18.5 Å². The summed E-state index contributed by atoms with van der Waals surface area (Å²) >= 11 is 3.47. The van der Waals surface area contributed by atoms with Crippen molar-refractivity contribution in [2.45, 2.75) is 65.2 Å². The van der Waals surface area contributed by atoms with Crippen molar-refractivity contribution < 1.29 is 9.47 Å². The first-order chi connectivity index (χ1) is 12.8. The molecule has 3 heteroatoms. The molecule has 0 saturated heterocycles. The Morgan fingerprint density at radius 1 is 0.808 bits per heavy atom. The molecule has 144 valence electrons. The molecule has 0 saturated carbocycles. The molecule has 0 unspecified atom stereocenters. The van der Waals surface area contributed by atoms with Gasteiger partial charge in [0.1, 0.15) is 11.5 Å². The Labute approximate surface area is 167 Å². The third kappa shape index (κ3) is 6.83. The van der Waals surface area contributed by atoms with Gasteiger partial charge in [-0.1, -0.05) is 60.7 Å². The zero-order valence-electron chi connectivity index (χ0n) is 16.4. The molecule has 0 aliphatic heterocycles. The van der Waals surface area contributed by atoms with Gasteiger partial charge in [0.2, 0.25) is 0 Å². The van der Waals surface area contributed by atoms with Gasteiger partial charge < -0.3 is 9.47 Å². The summed E-state index contributed by atoms with van der Waals surface area (Å²) in [5, 5.41) is 3.54. The van der Waals surface area contributed by atoms with Gasteiger partial charge in [0, 0.05) is 5.33 Å². The Balaban J connectivity index is 1.88. The number of ether oxygens (including phenoxy) is 2. The average Bonchev–Trinajstić information content (AvgIpc) is 2.66. The molecule has 0 bridgehead atoms. The van der Waals surface area contributed by atoms with E-state index in [1.54, 1.807) is 0 Å². The molecule has 0 aliphatic carbocycles. The highest BCUT2D eigenvalue weighted by Gasteiger charge is 2.06. The van der Waals surface area contributed by atoms with Crippen molar-refractivity contribution in [3.63, 3.8) is 0 Å². The van der Waals surface area contributed by atoms with Crippen molar-refractivity contribution in [2.24, 2.45) is 0 Å². The van der Waals surface area contributed by atoms with Gasteiger partial charge in [-0.25, -0.2) is 0 Å². The van der Waals surface area contributed by atoms with Crippen molar-refractivity contribution in [3.8, 4) is 11.5 Å². The monoisotopic (exact) mass is 420 g/mol. The van der Waals surface area contributed by atoms with E-state index in [1.165, 1.54) is 54.9 Å². The summed E-state index contributed by atoms with van der Waals surface area (Å²) in [5.41, 5.74) is 1.22.